The van der Waals surface area contributed by atoms with Crippen LogP contribution in [0.3, 0.4) is 0 Å². The molecule has 1 amide bonds. The van der Waals surface area contributed by atoms with Crippen molar-refractivity contribution in [1.29, 1.82) is 5.26 Å². The van der Waals surface area contributed by atoms with Crippen molar-refractivity contribution in [2.24, 2.45) is 0 Å². The number of nitrogens with zero attached hydrogens (tertiary/aromatic N) is 1. The van der Waals surface area contributed by atoms with Crippen molar-refractivity contribution in [3.05, 3.63) is 29.8 Å². The van der Waals surface area contributed by atoms with E-state index in [9.17, 15) is 4.79 Å². The summed E-state index contributed by atoms with van der Waals surface area (Å²) in [6, 6.07) is 9.49. The molecule has 0 spiro atoms. The Morgan fingerprint density at radius 1 is 1.42 bits per heavy atom. The van der Waals surface area contributed by atoms with Crippen LogP contribution in [-0.2, 0) is 11.3 Å². The average molecular weight is 261 g/mol. The minimum absolute atomic E-state index is 0.0376. The van der Waals surface area contributed by atoms with Gasteiger partial charge >= 0.3 is 0 Å². The first-order valence-electron chi connectivity index (χ1n) is 6.33. The molecule has 102 valence electrons. The normalized spacial score (nSPS) is 9.68. The maximum absolute atomic E-state index is 11.3. The van der Waals surface area contributed by atoms with Crippen LogP contribution < -0.4 is 15.4 Å². The molecule has 0 aliphatic heterocycles. The smallest absolute Gasteiger partial charge is 0.221 e. The van der Waals surface area contributed by atoms with Crippen molar-refractivity contribution < 1.29 is 9.53 Å². The topological polar surface area (TPSA) is 74.2 Å². The first kappa shape index (κ1) is 15.0. The molecule has 5 nitrogen and oxygen atoms in total. The summed E-state index contributed by atoms with van der Waals surface area (Å²) in [4.78, 5) is 11.3. The fourth-order valence-electron chi connectivity index (χ4n) is 1.61. The van der Waals surface area contributed by atoms with Gasteiger partial charge in [0.05, 0.1) is 0 Å². The highest BCUT2D eigenvalue weighted by Crippen LogP contribution is 2.17. The highest BCUT2D eigenvalue weighted by Gasteiger charge is 2.03. The quantitative estimate of drug-likeness (QED) is 0.690. The van der Waals surface area contributed by atoms with Crippen LogP contribution in [0, 0.1) is 11.3 Å². The zero-order chi connectivity index (χ0) is 13.9. The lowest BCUT2D eigenvalue weighted by molar-refractivity contribution is -0.120. The Morgan fingerprint density at radius 2 is 2.21 bits per heavy atom. The molecular formula is C14H19N3O2. The van der Waals surface area contributed by atoms with E-state index in [2.05, 4.69) is 10.6 Å². The van der Waals surface area contributed by atoms with Crippen LogP contribution in [0.2, 0.25) is 0 Å². The largest absolute Gasteiger partial charge is 0.478 e. The van der Waals surface area contributed by atoms with Gasteiger partial charge in [0.1, 0.15) is 11.8 Å². The fraction of sp³-hybridized carbons (Fsp3) is 0.429. The lowest BCUT2D eigenvalue weighted by Gasteiger charge is -2.10. The number of nitriles is 1. The number of hydrogen-bond donors (Lipinski definition) is 2. The van der Waals surface area contributed by atoms with Crippen molar-refractivity contribution in [2.45, 2.75) is 19.9 Å². The number of benzene rings is 1. The third-order valence-corrected chi connectivity index (χ3v) is 2.48. The van der Waals surface area contributed by atoms with Gasteiger partial charge in [0.25, 0.3) is 0 Å². The molecule has 19 heavy (non-hydrogen) atoms. The third kappa shape index (κ3) is 5.89. The zero-order valence-electron chi connectivity index (χ0n) is 11.1. The SMILES string of the molecule is CCNC(=O)CCNCc1ccccc1OCC#N. The van der Waals surface area contributed by atoms with Crippen molar-refractivity contribution in [2.75, 3.05) is 19.7 Å². The van der Waals surface area contributed by atoms with Crippen LogP contribution in [-0.4, -0.2) is 25.6 Å². The maximum atomic E-state index is 11.3. The molecule has 0 radical (unpaired) electrons. The van der Waals surface area contributed by atoms with E-state index in [-0.39, 0.29) is 12.5 Å². The summed E-state index contributed by atoms with van der Waals surface area (Å²) in [5.41, 5.74) is 0.980. The molecule has 0 aliphatic carbocycles. The molecule has 1 aromatic rings. The Balaban J connectivity index is 2.36. The van der Waals surface area contributed by atoms with Crippen LogP contribution in [0.4, 0.5) is 0 Å². The Bertz CT molecular complexity index is 441. The second kappa shape index (κ2) is 8.95. The van der Waals surface area contributed by atoms with E-state index in [1.165, 1.54) is 0 Å². The molecule has 0 saturated heterocycles. The molecule has 0 saturated carbocycles. The number of amides is 1. The van der Waals surface area contributed by atoms with Gasteiger partial charge in [-0.05, 0) is 13.0 Å². The Morgan fingerprint density at radius 3 is 2.95 bits per heavy atom. The van der Waals surface area contributed by atoms with Crippen molar-refractivity contribution in [3.63, 3.8) is 0 Å². The Kier molecular flexibility index (Phi) is 7.06. The standard InChI is InChI=1S/C14H19N3O2/c1-2-17-14(18)7-9-16-11-12-5-3-4-6-13(12)19-10-8-15/h3-6,16H,2,7,9-11H2,1H3,(H,17,18). The number of rotatable bonds is 8. The second-order valence-corrected chi connectivity index (χ2v) is 3.93. The molecule has 0 unspecified atom stereocenters. The van der Waals surface area contributed by atoms with Gasteiger partial charge in [0.15, 0.2) is 6.61 Å². The fourth-order valence-corrected chi connectivity index (χ4v) is 1.61. The summed E-state index contributed by atoms with van der Waals surface area (Å²) in [5.74, 6) is 0.749. The molecule has 0 heterocycles. The molecule has 0 fully saturated rings. The molecule has 1 rings (SSSR count). The summed E-state index contributed by atoms with van der Waals surface area (Å²) in [7, 11) is 0. The van der Waals surface area contributed by atoms with Crippen LogP contribution in [0.25, 0.3) is 0 Å². The summed E-state index contributed by atoms with van der Waals surface area (Å²) < 4.78 is 5.32. The molecular weight excluding hydrogens is 242 g/mol. The van der Waals surface area contributed by atoms with Gasteiger partial charge < -0.3 is 15.4 Å². The summed E-state index contributed by atoms with van der Waals surface area (Å²) in [6.07, 6.45) is 0.453. The Labute approximate surface area is 113 Å². The summed E-state index contributed by atoms with van der Waals surface area (Å²) in [6.45, 7) is 3.81. The number of ether oxygens (including phenoxy) is 1. The maximum Gasteiger partial charge on any atom is 0.221 e. The number of hydrogen-bond acceptors (Lipinski definition) is 4. The Hall–Kier alpha value is -2.06. The van der Waals surface area contributed by atoms with Crippen LogP contribution in [0.5, 0.6) is 5.75 Å². The number of carbonyl (C=O) groups is 1. The predicted octanol–water partition coefficient (Wildman–Crippen LogP) is 1.20. The third-order valence-electron chi connectivity index (χ3n) is 2.48. The van der Waals surface area contributed by atoms with Gasteiger partial charge in [-0.25, -0.2) is 0 Å². The van der Waals surface area contributed by atoms with Crippen molar-refractivity contribution in [3.8, 4) is 11.8 Å². The molecule has 0 aliphatic rings. The lowest BCUT2D eigenvalue weighted by atomic mass is 10.2. The van der Waals surface area contributed by atoms with Crippen molar-refractivity contribution in [1.82, 2.24) is 10.6 Å². The van der Waals surface area contributed by atoms with Gasteiger partial charge in [0, 0.05) is 31.6 Å². The van der Waals surface area contributed by atoms with E-state index in [4.69, 9.17) is 10.00 Å². The minimum Gasteiger partial charge on any atom is -0.478 e. The van der Waals surface area contributed by atoms with Crippen LogP contribution in [0.1, 0.15) is 18.9 Å². The molecule has 0 aromatic heterocycles. The van der Waals surface area contributed by atoms with Gasteiger partial charge in [-0.2, -0.15) is 5.26 Å². The van der Waals surface area contributed by atoms with E-state index < -0.39 is 0 Å². The number of carbonyl (C=O) groups excluding carboxylic acids is 1. The molecule has 2 N–H and O–H groups in total. The highest BCUT2D eigenvalue weighted by atomic mass is 16.5. The molecule has 0 atom stereocenters. The second-order valence-electron chi connectivity index (χ2n) is 3.93. The number of nitrogens with one attached hydrogen (secondary N) is 2. The first-order chi connectivity index (χ1) is 9.27. The van der Waals surface area contributed by atoms with Gasteiger partial charge in [-0.1, -0.05) is 18.2 Å². The highest BCUT2D eigenvalue weighted by molar-refractivity contribution is 5.75. The van der Waals surface area contributed by atoms with E-state index in [0.717, 1.165) is 5.56 Å². The lowest BCUT2D eigenvalue weighted by Crippen LogP contribution is -2.27. The van der Waals surface area contributed by atoms with Crippen molar-refractivity contribution >= 4 is 5.91 Å². The summed E-state index contributed by atoms with van der Waals surface area (Å²) in [5, 5.41) is 14.4. The molecule has 1 aromatic carbocycles. The van der Waals surface area contributed by atoms with Gasteiger partial charge in [-0.15, -0.1) is 0 Å². The van der Waals surface area contributed by atoms with Crippen LogP contribution in [0.15, 0.2) is 24.3 Å². The van der Waals surface area contributed by atoms with E-state index in [0.29, 0.717) is 31.8 Å². The first-order valence-corrected chi connectivity index (χ1v) is 6.33. The number of para-hydroxylation sites is 1. The minimum atomic E-state index is 0.0376. The van der Waals surface area contributed by atoms with Crippen LogP contribution >= 0.6 is 0 Å². The van der Waals surface area contributed by atoms with E-state index >= 15 is 0 Å². The summed E-state index contributed by atoms with van der Waals surface area (Å²) >= 11 is 0. The van der Waals surface area contributed by atoms with E-state index in [1.54, 1.807) is 0 Å². The van der Waals surface area contributed by atoms with Gasteiger partial charge in [-0.3, -0.25) is 4.79 Å². The molecule has 0 bridgehead atoms. The van der Waals surface area contributed by atoms with E-state index in [1.807, 2.05) is 37.3 Å². The predicted molar refractivity (Wildman–Crippen MR) is 72.6 cm³/mol. The average Bonchev–Trinajstić information content (AvgIpc) is 2.42. The zero-order valence-corrected chi connectivity index (χ0v) is 11.1. The van der Waals surface area contributed by atoms with Gasteiger partial charge in [0.2, 0.25) is 5.91 Å². The monoisotopic (exact) mass is 261 g/mol. The molecule has 5 heteroatoms.